The van der Waals surface area contributed by atoms with Crippen LogP contribution in [0.2, 0.25) is 0 Å². The fourth-order valence-corrected chi connectivity index (χ4v) is 3.75. The molecule has 1 heterocycles. The van der Waals surface area contributed by atoms with Gasteiger partial charge in [-0.3, -0.25) is 14.2 Å². The zero-order valence-electron chi connectivity index (χ0n) is 15.7. The summed E-state index contributed by atoms with van der Waals surface area (Å²) in [5.74, 6) is -0.244. The third-order valence-electron chi connectivity index (χ3n) is 4.33. The number of aromatic amines is 1. The van der Waals surface area contributed by atoms with E-state index in [1.807, 2.05) is 30.5 Å². The number of nitrogens with one attached hydrogen (secondary N) is 2. The molecule has 0 saturated carbocycles. The predicted octanol–water partition coefficient (Wildman–Crippen LogP) is 4.07. The number of H-pyrrole nitrogens is 1. The number of thioether (sulfide) groups is 1. The van der Waals surface area contributed by atoms with Gasteiger partial charge in [-0.25, -0.2) is 0 Å². The molecule has 2 aromatic carbocycles. The van der Waals surface area contributed by atoms with Gasteiger partial charge in [-0.1, -0.05) is 12.1 Å². The Morgan fingerprint density at radius 2 is 2.07 bits per heavy atom. The lowest BCUT2D eigenvalue weighted by Gasteiger charge is -2.11. The third kappa shape index (κ3) is 4.35. The van der Waals surface area contributed by atoms with Gasteiger partial charge in [-0.15, -0.1) is 11.8 Å². The fraction of sp³-hybridized carbons (Fsp3) is 0.250. The average molecular weight is 416 g/mol. The van der Waals surface area contributed by atoms with Gasteiger partial charge in [0.05, 0.1) is 16.6 Å². The number of fused-ring (bicyclic) bond motifs is 1. The first-order valence-electron chi connectivity index (χ1n) is 8.75. The summed E-state index contributed by atoms with van der Waals surface area (Å²) in [6.07, 6.45) is 2.65. The SMILES string of the molecule is COCCCn1c(=S)[nH]c2cc(C(=O)Nc3ccccc3SC)ccc2c1=O. The first kappa shape index (κ1) is 20.3. The maximum Gasteiger partial charge on any atom is 0.262 e. The Morgan fingerprint density at radius 3 is 2.82 bits per heavy atom. The van der Waals surface area contributed by atoms with Gasteiger partial charge in [0.15, 0.2) is 4.77 Å². The van der Waals surface area contributed by atoms with E-state index in [9.17, 15) is 9.59 Å². The second-order valence-electron chi connectivity index (χ2n) is 6.15. The molecule has 28 heavy (non-hydrogen) atoms. The molecule has 146 valence electrons. The molecular formula is C20H21N3O3S2. The number of hydrogen-bond acceptors (Lipinski definition) is 5. The Morgan fingerprint density at radius 1 is 1.29 bits per heavy atom. The average Bonchev–Trinajstić information content (AvgIpc) is 2.70. The Labute approximate surface area is 171 Å². The van der Waals surface area contributed by atoms with Gasteiger partial charge in [-0.05, 0) is 55.2 Å². The molecule has 3 aromatic rings. The molecule has 0 radical (unpaired) electrons. The number of carbonyl (C=O) groups is 1. The summed E-state index contributed by atoms with van der Waals surface area (Å²) in [6, 6.07) is 12.6. The summed E-state index contributed by atoms with van der Waals surface area (Å²) >= 11 is 6.89. The van der Waals surface area contributed by atoms with Gasteiger partial charge >= 0.3 is 0 Å². The zero-order valence-corrected chi connectivity index (χ0v) is 17.3. The molecular weight excluding hydrogens is 394 g/mol. The first-order chi connectivity index (χ1) is 13.5. The lowest BCUT2D eigenvalue weighted by Crippen LogP contribution is -2.23. The molecule has 0 aliphatic carbocycles. The first-order valence-corrected chi connectivity index (χ1v) is 10.4. The van der Waals surface area contributed by atoms with Gasteiger partial charge in [0, 0.05) is 30.7 Å². The van der Waals surface area contributed by atoms with E-state index >= 15 is 0 Å². The van der Waals surface area contributed by atoms with Crippen molar-refractivity contribution in [2.24, 2.45) is 0 Å². The van der Waals surface area contributed by atoms with E-state index in [-0.39, 0.29) is 11.5 Å². The van der Waals surface area contributed by atoms with E-state index in [4.69, 9.17) is 17.0 Å². The van der Waals surface area contributed by atoms with Crippen LogP contribution < -0.4 is 10.9 Å². The monoisotopic (exact) mass is 415 g/mol. The maximum atomic E-state index is 12.7. The van der Waals surface area contributed by atoms with Crippen LogP contribution in [-0.2, 0) is 11.3 Å². The second-order valence-corrected chi connectivity index (χ2v) is 7.38. The van der Waals surface area contributed by atoms with Crippen molar-refractivity contribution in [3.63, 3.8) is 0 Å². The molecule has 0 bridgehead atoms. The summed E-state index contributed by atoms with van der Waals surface area (Å²) in [5.41, 5.74) is 1.57. The number of carbonyl (C=O) groups excluding carboxylic acids is 1. The number of amides is 1. The van der Waals surface area contributed by atoms with E-state index in [2.05, 4.69) is 10.3 Å². The number of anilines is 1. The van der Waals surface area contributed by atoms with Crippen molar-refractivity contribution in [1.29, 1.82) is 0 Å². The quantitative estimate of drug-likeness (QED) is 0.346. The molecule has 0 unspecified atom stereocenters. The molecule has 0 atom stereocenters. The number of benzene rings is 2. The number of ether oxygens (including phenoxy) is 1. The highest BCUT2D eigenvalue weighted by molar-refractivity contribution is 7.98. The molecule has 0 saturated heterocycles. The van der Waals surface area contributed by atoms with Gasteiger partial charge in [0.25, 0.3) is 11.5 Å². The van der Waals surface area contributed by atoms with Gasteiger partial charge in [0.2, 0.25) is 0 Å². The van der Waals surface area contributed by atoms with Crippen LogP contribution >= 0.6 is 24.0 Å². The number of nitrogens with zero attached hydrogens (tertiary/aromatic N) is 1. The Bertz CT molecular complexity index is 1120. The van der Waals surface area contributed by atoms with Gasteiger partial charge < -0.3 is 15.0 Å². The normalized spacial score (nSPS) is 10.9. The summed E-state index contributed by atoms with van der Waals surface area (Å²) < 4.78 is 6.88. The standard InChI is InChI=1S/C20H21N3O3S2/c1-26-11-5-10-23-19(25)14-9-8-13(12-16(14)22-20(23)27)18(24)21-15-6-3-4-7-17(15)28-2/h3-4,6-9,12H,5,10-11H2,1-2H3,(H,21,24)(H,22,27). The van der Waals surface area contributed by atoms with Crippen LogP contribution in [0, 0.1) is 4.77 Å². The van der Waals surface area contributed by atoms with E-state index < -0.39 is 0 Å². The number of methoxy groups -OCH3 is 1. The lowest BCUT2D eigenvalue weighted by atomic mass is 10.1. The van der Waals surface area contributed by atoms with Crippen molar-refractivity contribution < 1.29 is 9.53 Å². The smallest absolute Gasteiger partial charge is 0.262 e. The fourth-order valence-electron chi connectivity index (χ4n) is 2.91. The van der Waals surface area contributed by atoms with Crippen LogP contribution in [0.25, 0.3) is 10.9 Å². The van der Waals surface area contributed by atoms with Crippen LogP contribution in [0.5, 0.6) is 0 Å². The molecule has 1 amide bonds. The summed E-state index contributed by atoms with van der Waals surface area (Å²) in [6.45, 7) is 1.03. The highest BCUT2D eigenvalue weighted by Gasteiger charge is 2.12. The zero-order chi connectivity index (χ0) is 20.1. The van der Waals surface area contributed by atoms with Crippen molar-refractivity contribution in [3.05, 3.63) is 63.2 Å². The van der Waals surface area contributed by atoms with Crippen LogP contribution in [-0.4, -0.2) is 35.4 Å². The van der Waals surface area contributed by atoms with E-state index in [0.717, 1.165) is 10.6 Å². The van der Waals surface area contributed by atoms with Gasteiger partial charge in [0.1, 0.15) is 0 Å². The summed E-state index contributed by atoms with van der Waals surface area (Å²) in [7, 11) is 1.62. The molecule has 0 aliphatic rings. The largest absolute Gasteiger partial charge is 0.385 e. The minimum absolute atomic E-state index is 0.172. The van der Waals surface area contributed by atoms with Crippen molar-refractivity contribution >= 4 is 46.5 Å². The Hall–Kier alpha value is -2.42. The number of para-hydroxylation sites is 1. The highest BCUT2D eigenvalue weighted by atomic mass is 32.2. The molecule has 8 heteroatoms. The molecule has 0 spiro atoms. The predicted molar refractivity (Wildman–Crippen MR) is 116 cm³/mol. The van der Waals surface area contributed by atoms with Crippen molar-refractivity contribution in [2.45, 2.75) is 17.9 Å². The van der Waals surface area contributed by atoms with E-state index in [0.29, 0.717) is 40.8 Å². The minimum atomic E-state index is -0.244. The number of hydrogen-bond donors (Lipinski definition) is 2. The highest BCUT2D eigenvalue weighted by Crippen LogP contribution is 2.25. The topological polar surface area (TPSA) is 76.1 Å². The van der Waals surface area contributed by atoms with Crippen LogP contribution in [0.15, 0.2) is 52.2 Å². The molecule has 1 aromatic heterocycles. The molecule has 0 aliphatic heterocycles. The van der Waals surface area contributed by atoms with E-state index in [1.54, 1.807) is 37.1 Å². The van der Waals surface area contributed by atoms with E-state index in [1.165, 1.54) is 4.57 Å². The van der Waals surface area contributed by atoms with Crippen molar-refractivity contribution in [2.75, 3.05) is 25.3 Å². The Kier molecular flexibility index (Phi) is 6.66. The molecule has 3 rings (SSSR count). The number of rotatable bonds is 7. The maximum absolute atomic E-state index is 12.7. The van der Waals surface area contributed by atoms with Crippen molar-refractivity contribution in [3.8, 4) is 0 Å². The van der Waals surface area contributed by atoms with Crippen LogP contribution in [0.4, 0.5) is 5.69 Å². The minimum Gasteiger partial charge on any atom is -0.385 e. The van der Waals surface area contributed by atoms with Crippen LogP contribution in [0.3, 0.4) is 0 Å². The third-order valence-corrected chi connectivity index (χ3v) is 5.45. The second kappa shape index (κ2) is 9.18. The van der Waals surface area contributed by atoms with Crippen LogP contribution in [0.1, 0.15) is 16.8 Å². The Balaban J connectivity index is 1.92. The number of aromatic nitrogens is 2. The molecule has 0 fully saturated rings. The van der Waals surface area contributed by atoms with Gasteiger partial charge in [-0.2, -0.15) is 0 Å². The molecule has 2 N–H and O–H groups in total. The summed E-state index contributed by atoms with van der Waals surface area (Å²) in [4.78, 5) is 29.5. The summed E-state index contributed by atoms with van der Waals surface area (Å²) in [5, 5.41) is 3.41. The lowest BCUT2D eigenvalue weighted by molar-refractivity contribution is 0.102. The van der Waals surface area contributed by atoms with Crippen molar-refractivity contribution in [1.82, 2.24) is 9.55 Å². The molecule has 6 nitrogen and oxygen atoms in total.